The molecule has 1 aromatic heterocycles. The lowest BCUT2D eigenvalue weighted by Crippen LogP contribution is -2.44. The number of likely N-dealkylation sites (N-methyl/N-ethyl adjacent to an activating group) is 1. The van der Waals surface area contributed by atoms with Crippen molar-refractivity contribution in [2.75, 3.05) is 14.2 Å². The van der Waals surface area contributed by atoms with Gasteiger partial charge < -0.3 is 20.6 Å². The summed E-state index contributed by atoms with van der Waals surface area (Å²) < 4.78 is 6.48. The van der Waals surface area contributed by atoms with Crippen LogP contribution in [-0.2, 0) is 7.05 Å². The average molecular weight is 255 g/mol. The number of methoxy groups -OCH3 is 1. The second-order valence-corrected chi connectivity index (χ2v) is 3.81. The standard InChI is InChI=1S/C10H17N5O3/c1-6(9(11)13-17)14(2)10(16)7-5-8(18-4)15(3)12-7/h5-6,17H,1-4H3,(H2,11,13). The van der Waals surface area contributed by atoms with Crippen LogP contribution in [0.5, 0.6) is 5.88 Å². The Hall–Kier alpha value is -2.25. The molecule has 1 heterocycles. The Morgan fingerprint density at radius 2 is 2.33 bits per heavy atom. The maximum absolute atomic E-state index is 12.1. The third-order valence-electron chi connectivity index (χ3n) is 2.71. The number of ether oxygens (including phenoxy) is 1. The molecule has 0 aliphatic rings. The van der Waals surface area contributed by atoms with Gasteiger partial charge in [0.15, 0.2) is 11.5 Å². The van der Waals surface area contributed by atoms with Crippen molar-refractivity contribution in [3.63, 3.8) is 0 Å². The van der Waals surface area contributed by atoms with E-state index in [-0.39, 0.29) is 17.4 Å². The van der Waals surface area contributed by atoms with Gasteiger partial charge in [-0.1, -0.05) is 5.16 Å². The first kappa shape index (κ1) is 13.8. The lowest BCUT2D eigenvalue weighted by molar-refractivity contribution is 0.0769. The fourth-order valence-electron chi connectivity index (χ4n) is 1.38. The number of hydrogen-bond acceptors (Lipinski definition) is 5. The Balaban J connectivity index is 2.92. The Bertz CT molecular complexity index is 468. The predicted molar refractivity (Wildman–Crippen MR) is 64.7 cm³/mol. The van der Waals surface area contributed by atoms with Gasteiger partial charge >= 0.3 is 0 Å². The van der Waals surface area contributed by atoms with Gasteiger partial charge in [-0.3, -0.25) is 4.79 Å². The number of amidine groups is 1. The molecule has 100 valence electrons. The number of hydrogen-bond donors (Lipinski definition) is 2. The molecule has 0 fully saturated rings. The molecule has 1 amide bonds. The topological polar surface area (TPSA) is 106 Å². The summed E-state index contributed by atoms with van der Waals surface area (Å²) in [6, 6.07) is 0.994. The normalized spacial score (nSPS) is 13.2. The summed E-state index contributed by atoms with van der Waals surface area (Å²) in [6.07, 6.45) is 0. The fraction of sp³-hybridized carbons (Fsp3) is 0.500. The number of oxime groups is 1. The minimum Gasteiger partial charge on any atom is -0.481 e. The van der Waals surface area contributed by atoms with Crippen LogP contribution in [0.15, 0.2) is 11.2 Å². The minimum absolute atomic E-state index is 0.0475. The summed E-state index contributed by atoms with van der Waals surface area (Å²) in [5.74, 6) is 0.0879. The number of carbonyl (C=O) groups excluding carboxylic acids is 1. The lowest BCUT2D eigenvalue weighted by atomic mass is 10.2. The van der Waals surface area contributed by atoms with Crippen LogP contribution in [-0.4, -0.2) is 51.8 Å². The summed E-state index contributed by atoms with van der Waals surface area (Å²) in [7, 11) is 4.71. The van der Waals surface area contributed by atoms with Crippen molar-refractivity contribution in [1.82, 2.24) is 14.7 Å². The van der Waals surface area contributed by atoms with Gasteiger partial charge in [-0.25, -0.2) is 4.68 Å². The van der Waals surface area contributed by atoms with Gasteiger partial charge in [-0.05, 0) is 6.92 Å². The molecule has 0 spiro atoms. The van der Waals surface area contributed by atoms with Gasteiger partial charge in [-0.15, -0.1) is 0 Å². The zero-order chi connectivity index (χ0) is 13.9. The monoisotopic (exact) mass is 255 g/mol. The van der Waals surface area contributed by atoms with Gasteiger partial charge in [-0.2, -0.15) is 5.10 Å². The van der Waals surface area contributed by atoms with Crippen LogP contribution in [0.3, 0.4) is 0 Å². The van der Waals surface area contributed by atoms with E-state index in [1.54, 1.807) is 21.0 Å². The van der Waals surface area contributed by atoms with Crippen LogP contribution in [0, 0.1) is 0 Å². The summed E-state index contributed by atoms with van der Waals surface area (Å²) in [4.78, 5) is 13.4. The van der Waals surface area contributed by atoms with Gasteiger partial charge in [0.25, 0.3) is 5.91 Å². The highest BCUT2D eigenvalue weighted by Crippen LogP contribution is 2.13. The quantitative estimate of drug-likeness (QED) is 0.330. The number of aromatic nitrogens is 2. The maximum Gasteiger partial charge on any atom is 0.274 e. The SMILES string of the molecule is COc1cc(C(=O)N(C)C(C)C(N)=NO)nn1C. The van der Waals surface area contributed by atoms with Crippen LogP contribution in [0.2, 0.25) is 0 Å². The molecule has 8 nitrogen and oxygen atoms in total. The van der Waals surface area contributed by atoms with Crippen molar-refractivity contribution in [3.8, 4) is 5.88 Å². The summed E-state index contributed by atoms with van der Waals surface area (Å²) in [5.41, 5.74) is 5.68. The zero-order valence-corrected chi connectivity index (χ0v) is 10.8. The molecule has 0 radical (unpaired) electrons. The molecule has 0 aliphatic heterocycles. The van der Waals surface area contributed by atoms with Gasteiger partial charge in [0.1, 0.15) is 0 Å². The van der Waals surface area contributed by atoms with Crippen molar-refractivity contribution in [1.29, 1.82) is 0 Å². The van der Waals surface area contributed by atoms with Crippen LogP contribution in [0.25, 0.3) is 0 Å². The van der Waals surface area contributed by atoms with Crippen LogP contribution < -0.4 is 10.5 Å². The van der Waals surface area contributed by atoms with E-state index >= 15 is 0 Å². The van der Waals surface area contributed by atoms with E-state index in [0.29, 0.717) is 5.88 Å². The Kier molecular flexibility index (Phi) is 4.13. The van der Waals surface area contributed by atoms with Crippen molar-refractivity contribution in [2.45, 2.75) is 13.0 Å². The molecular weight excluding hydrogens is 238 g/mol. The van der Waals surface area contributed by atoms with E-state index in [9.17, 15) is 4.79 Å². The average Bonchev–Trinajstić information content (AvgIpc) is 2.76. The number of aryl methyl sites for hydroxylation is 1. The second-order valence-electron chi connectivity index (χ2n) is 3.81. The number of nitrogens with zero attached hydrogens (tertiary/aromatic N) is 4. The first-order valence-electron chi connectivity index (χ1n) is 5.25. The van der Waals surface area contributed by atoms with E-state index < -0.39 is 6.04 Å². The van der Waals surface area contributed by atoms with Crippen molar-refractivity contribution in [2.24, 2.45) is 17.9 Å². The van der Waals surface area contributed by atoms with Crippen LogP contribution in [0.1, 0.15) is 17.4 Å². The Morgan fingerprint density at radius 3 is 2.78 bits per heavy atom. The fourth-order valence-corrected chi connectivity index (χ4v) is 1.38. The van der Waals surface area contributed by atoms with Gasteiger partial charge in [0, 0.05) is 20.2 Å². The molecule has 3 N–H and O–H groups in total. The van der Waals surface area contributed by atoms with Crippen molar-refractivity contribution >= 4 is 11.7 Å². The van der Waals surface area contributed by atoms with Crippen molar-refractivity contribution < 1.29 is 14.7 Å². The molecule has 0 saturated carbocycles. The smallest absolute Gasteiger partial charge is 0.274 e. The molecule has 0 aliphatic carbocycles. The van der Waals surface area contributed by atoms with Crippen molar-refractivity contribution in [3.05, 3.63) is 11.8 Å². The molecule has 1 rings (SSSR count). The van der Waals surface area contributed by atoms with E-state index in [0.717, 1.165) is 0 Å². The Morgan fingerprint density at radius 1 is 1.72 bits per heavy atom. The zero-order valence-electron chi connectivity index (χ0n) is 10.8. The summed E-state index contributed by atoms with van der Waals surface area (Å²) >= 11 is 0. The molecule has 1 aromatic rings. The highest BCUT2D eigenvalue weighted by molar-refractivity contribution is 5.96. The molecule has 8 heteroatoms. The summed E-state index contributed by atoms with van der Waals surface area (Å²) in [5, 5.41) is 15.5. The largest absolute Gasteiger partial charge is 0.481 e. The summed E-state index contributed by atoms with van der Waals surface area (Å²) in [6.45, 7) is 1.65. The molecule has 18 heavy (non-hydrogen) atoms. The van der Waals surface area contributed by atoms with E-state index in [1.165, 1.54) is 22.8 Å². The van der Waals surface area contributed by atoms with Crippen LogP contribution in [0.4, 0.5) is 0 Å². The first-order chi connectivity index (χ1) is 8.42. The van der Waals surface area contributed by atoms with E-state index in [2.05, 4.69) is 10.3 Å². The van der Waals surface area contributed by atoms with Gasteiger partial charge in [0.05, 0.1) is 13.2 Å². The molecule has 0 bridgehead atoms. The number of carbonyl (C=O) groups is 1. The van der Waals surface area contributed by atoms with E-state index in [1.807, 2.05) is 0 Å². The van der Waals surface area contributed by atoms with E-state index in [4.69, 9.17) is 15.7 Å². The predicted octanol–water partition coefficient (Wildman–Crippen LogP) is -0.364. The Labute approximate surface area is 105 Å². The van der Waals surface area contributed by atoms with Gasteiger partial charge in [0.2, 0.25) is 5.88 Å². The molecule has 1 atom stereocenters. The number of rotatable bonds is 4. The molecule has 0 aromatic carbocycles. The third-order valence-corrected chi connectivity index (χ3v) is 2.71. The molecular formula is C10H17N5O3. The number of amides is 1. The lowest BCUT2D eigenvalue weighted by Gasteiger charge is -2.22. The first-order valence-corrected chi connectivity index (χ1v) is 5.25. The third kappa shape index (κ3) is 2.53. The molecule has 1 unspecified atom stereocenters. The van der Waals surface area contributed by atoms with Crippen LogP contribution >= 0.6 is 0 Å². The molecule has 0 saturated heterocycles. The maximum atomic E-state index is 12.1. The highest BCUT2D eigenvalue weighted by atomic mass is 16.5. The second kappa shape index (κ2) is 5.39. The minimum atomic E-state index is -0.532. The highest BCUT2D eigenvalue weighted by Gasteiger charge is 2.23. The number of nitrogens with two attached hydrogens (primary N) is 1.